The molecule has 0 unspecified atom stereocenters. The molecular weight excluding hydrogens is 386 g/mol. The summed E-state index contributed by atoms with van der Waals surface area (Å²) in [5, 5.41) is 0. The quantitative estimate of drug-likeness (QED) is 0.186. The molecule has 0 fully saturated rings. The van der Waals surface area contributed by atoms with E-state index in [0.717, 1.165) is 48.3 Å². The molecule has 0 saturated carbocycles. The van der Waals surface area contributed by atoms with Gasteiger partial charge in [0.1, 0.15) is 11.5 Å². The highest BCUT2D eigenvalue weighted by Gasteiger charge is 2.22. The van der Waals surface area contributed by atoms with Gasteiger partial charge in [-0.15, -0.1) is 0 Å². The molecular formula is C27H37NO3. The highest BCUT2D eigenvalue weighted by atomic mass is 16.5. The first-order valence-electron chi connectivity index (χ1n) is 11.3. The number of ketones is 1. The Hall–Kier alpha value is -2.75. The Bertz CT molecular complexity index is 877. The Morgan fingerprint density at radius 2 is 1.52 bits per heavy atom. The third-order valence-corrected chi connectivity index (χ3v) is 5.04. The molecule has 4 heteroatoms. The maximum Gasteiger partial charge on any atom is 0.185 e. The van der Waals surface area contributed by atoms with E-state index in [1.165, 1.54) is 0 Å². The van der Waals surface area contributed by atoms with Crippen LogP contribution in [0.5, 0.6) is 11.5 Å². The first-order chi connectivity index (χ1) is 14.8. The lowest BCUT2D eigenvalue weighted by Gasteiger charge is -2.25. The molecule has 0 spiro atoms. The van der Waals surface area contributed by atoms with Gasteiger partial charge in [-0.05, 0) is 60.7 Å². The SMILES string of the molecule is CCCCOc1cc(OCCCC)c(C(C)(C)C)cc1/C=C/C(=O)c1ccc(N)cc1. The summed E-state index contributed by atoms with van der Waals surface area (Å²) in [5.41, 5.74) is 8.85. The summed E-state index contributed by atoms with van der Waals surface area (Å²) in [4.78, 5) is 12.6. The lowest BCUT2D eigenvalue weighted by molar-refractivity contribution is 0.104. The van der Waals surface area contributed by atoms with Crippen LogP contribution in [0.15, 0.2) is 42.5 Å². The molecule has 0 amide bonds. The lowest BCUT2D eigenvalue weighted by Crippen LogP contribution is -2.15. The van der Waals surface area contributed by atoms with Crippen molar-refractivity contribution in [1.82, 2.24) is 0 Å². The first kappa shape index (κ1) is 24.5. The normalized spacial score (nSPS) is 11.6. The second-order valence-corrected chi connectivity index (χ2v) is 8.86. The van der Waals surface area contributed by atoms with E-state index in [1.807, 2.05) is 12.1 Å². The number of hydrogen-bond acceptors (Lipinski definition) is 4. The number of allylic oxidation sites excluding steroid dienone is 1. The molecule has 0 aliphatic rings. The van der Waals surface area contributed by atoms with Crippen LogP contribution in [0.3, 0.4) is 0 Å². The van der Waals surface area contributed by atoms with Crippen molar-refractivity contribution < 1.29 is 14.3 Å². The van der Waals surface area contributed by atoms with E-state index in [9.17, 15) is 4.79 Å². The molecule has 2 aromatic rings. The van der Waals surface area contributed by atoms with Gasteiger partial charge in [-0.1, -0.05) is 47.5 Å². The van der Waals surface area contributed by atoms with Crippen molar-refractivity contribution in [3.63, 3.8) is 0 Å². The summed E-state index contributed by atoms with van der Waals surface area (Å²) in [6.45, 7) is 12.1. The van der Waals surface area contributed by atoms with Crippen LogP contribution in [-0.2, 0) is 5.41 Å². The lowest BCUT2D eigenvalue weighted by atomic mass is 9.85. The van der Waals surface area contributed by atoms with Gasteiger partial charge in [0, 0.05) is 28.4 Å². The highest BCUT2D eigenvalue weighted by molar-refractivity contribution is 6.07. The predicted molar refractivity (Wildman–Crippen MR) is 130 cm³/mol. The van der Waals surface area contributed by atoms with Gasteiger partial charge < -0.3 is 15.2 Å². The predicted octanol–water partition coefficient (Wildman–Crippen LogP) is 6.82. The maximum atomic E-state index is 12.6. The van der Waals surface area contributed by atoms with E-state index in [2.05, 4.69) is 40.7 Å². The molecule has 0 aliphatic heterocycles. The molecule has 2 rings (SSSR count). The van der Waals surface area contributed by atoms with Gasteiger partial charge in [-0.3, -0.25) is 4.79 Å². The summed E-state index contributed by atoms with van der Waals surface area (Å²) in [5.74, 6) is 1.53. The van der Waals surface area contributed by atoms with E-state index in [1.54, 1.807) is 30.3 Å². The summed E-state index contributed by atoms with van der Waals surface area (Å²) < 4.78 is 12.2. The minimum atomic E-state index is -0.104. The third kappa shape index (κ3) is 7.46. The monoisotopic (exact) mass is 423 g/mol. The van der Waals surface area contributed by atoms with Crippen LogP contribution < -0.4 is 15.2 Å². The standard InChI is InChI=1S/C27H37NO3/c1-6-8-16-30-25-19-26(31-17-9-7-2)23(27(3,4)5)18-21(25)12-15-24(29)20-10-13-22(28)14-11-20/h10-15,18-19H,6-9,16-17,28H2,1-5H3/b15-12+. The van der Waals surface area contributed by atoms with Crippen molar-refractivity contribution in [2.45, 2.75) is 65.7 Å². The van der Waals surface area contributed by atoms with Crippen molar-refractivity contribution in [1.29, 1.82) is 0 Å². The van der Waals surface area contributed by atoms with E-state index in [4.69, 9.17) is 15.2 Å². The third-order valence-electron chi connectivity index (χ3n) is 5.04. The van der Waals surface area contributed by atoms with Gasteiger partial charge >= 0.3 is 0 Å². The minimum Gasteiger partial charge on any atom is -0.493 e. The van der Waals surface area contributed by atoms with E-state index in [0.29, 0.717) is 24.5 Å². The first-order valence-corrected chi connectivity index (χ1v) is 11.3. The number of benzene rings is 2. The zero-order chi connectivity index (χ0) is 22.9. The Labute approximate surface area is 187 Å². The number of hydrogen-bond donors (Lipinski definition) is 1. The van der Waals surface area contributed by atoms with Gasteiger partial charge in [-0.25, -0.2) is 0 Å². The molecule has 0 radical (unpaired) electrons. The number of carbonyl (C=O) groups excluding carboxylic acids is 1. The fraction of sp³-hybridized carbons (Fsp3) is 0.444. The molecule has 168 valence electrons. The number of anilines is 1. The minimum absolute atomic E-state index is 0.0694. The molecule has 0 aliphatic carbocycles. The van der Waals surface area contributed by atoms with E-state index >= 15 is 0 Å². The zero-order valence-electron chi connectivity index (χ0n) is 19.7. The van der Waals surface area contributed by atoms with Crippen LogP contribution in [0.1, 0.15) is 81.8 Å². The van der Waals surface area contributed by atoms with Crippen molar-refractivity contribution >= 4 is 17.5 Å². The molecule has 31 heavy (non-hydrogen) atoms. The molecule has 0 bridgehead atoms. The van der Waals surface area contributed by atoms with Gasteiger partial charge in [0.2, 0.25) is 0 Å². The molecule has 0 heterocycles. The smallest absolute Gasteiger partial charge is 0.185 e. The number of carbonyl (C=O) groups is 1. The van der Waals surface area contributed by atoms with Crippen LogP contribution in [0.2, 0.25) is 0 Å². The fourth-order valence-corrected chi connectivity index (χ4v) is 3.10. The van der Waals surface area contributed by atoms with Crippen molar-refractivity contribution in [2.75, 3.05) is 18.9 Å². The number of rotatable bonds is 11. The average molecular weight is 424 g/mol. The van der Waals surface area contributed by atoms with E-state index < -0.39 is 0 Å². The maximum absolute atomic E-state index is 12.6. The van der Waals surface area contributed by atoms with Crippen LogP contribution >= 0.6 is 0 Å². The Kier molecular flexibility index (Phi) is 9.17. The Morgan fingerprint density at radius 3 is 2.06 bits per heavy atom. The van der Waals surface area contributed by atoms with Crippen molar-refractivity contribution in [3.8, 4) is 11.5 Å². The summed E-state index contributed by atoms with van der Waals surface area (Å²) in [6.07, 6.45) is 7.55. The van der Waals surface area contributed by atoms with Crippen LogP contribution in [0.25, 0.3) is 6.08 Å². The van der Waals surface area contributed by atoms with Crippen molar-refractivity contribution in [2.24, 2.45) is 0 Å². The highest BCUT2D eigenvalue weighted by Crippen LogP contribution is 2.37. The largest absolute Gasteiger partial charge is 0.493 e. The van der Waals surface area contributed by atoms with Crippen LogP contribution in [0, 0.1) is 0 Å². The topological polar surface area (TPSA) is 61.5 Å². The Balaban J connectivity index is 2.41. The number of nitrogens with two attached hydrogens (primary N) is 1. The zero-order valence-corrected chi connectivity index (χ0v) is 19.7. The molecule has 0 aromatic heterocycles. The molecule has 0 atom stereocenters. The molecule has 4 nitrogen and oxygen atoms in total. The second-order valence-electron chi connectivity index (χ2n) is 8.86. The Morgan fingerprint density at radius 1 is 0.935 bits per heavy atom. The number of unbranched alkanes of at least 4 members (excludes halogenated alkanes) is 2. The van der Waals surface area contributed by atoms with Gasteiger partial charge in [-0.2, -0.15) is 0 Å². The van der Waals surface area contributed by atoms with Gasteiger partial charge in [0.25, 0.3) is 0 Å². The van der Waals surface area contributed by atoms with E-state index in [-0.39, 0.29) is 11.2 Å². The number of ether oxygens (including phenoxy) is 2. The van der Waals surface area contributed by atoms with Crippen LogP contribution in [-0.4, -0.2) is 19.0 Å². The fourth-order valence-electron chi connectivity index (χ4n) is 3.10. The van der Waals surface area contributed by atoms with Crippen LogP contribution in [0.4, 0.5) is 5.69 Å². The van der Waals surface area contributed by atoms with Gasteiger partial charge in [0.15, 0.2) is 5.78 Å². The molecule has 0 saturated heterocycles. The van der Waals surface area contributed by atoms with Gasteiger partial charge in [0.05, 0.1) is 13.2 Å². The summed E-state index contributed by atoms with van der Waals surface area (Å²) in [6, 6.07) is 11.0. The van der Waals surface area contributed by atoms with Crippen molar-refractivity contribution in [3.05, 3.63) is 59.2 Å². The summed E-state index contributed by atoms with van der Waals surface area (Å²) >= 11 is 0. The molecule has 2 N–H and O–H groups in total. The molecule has 2 aromatic carbocycles. The average Bonchev–Trinajstić information content (AvgIpc) is 2.72. The summed E-state index contributed by atoms with van der Waals surface area (Å²) in [7, 11) is 0. The number of nitrogen functional groups attached to an aromatic ring is 1. The second kappa shape index (κ2) is 11.6.